The first kappa shape index (κ1) is 17.1. The second-order valence-electron chi connectivity index (χ2n) is 7.73. The molecule has 4 nitrogen and oxygen atoms in total. The molecule has 1 saturated carbocycles. The smallest absolute Gasteiger partial charge is 0.319 e. The Bertz CT molecular complexity index is 834. The minimum Gasteiger partial charge on any atom is -0.319 e. The molecule has 26 heavy (non-hydrogen) atoms. The Hall–Kier alpha value is -2.36. The van der Waals surface area contributed by atoms with Crippen molar-refractivity contribution in [1.82, 2.24) is 9.88 Å². The van der Waals surface area contributed by atoms with Crippen LogP contribution in [0, 0.1) is 6.92 Å². The first-order valence-corrected chi connectivity index (χ1v) is 9.73. The van der Waals surface area contributed by atoms with E-state index in [-0.39, 0.29) is 7.46 Å². The molecule has 2 fully saturated rings. The van der Waals surface area contributed by atoms with Crippen molar-refractivity contribution in [3.05, 3.63) is 47.7 Å². The summed E-state index contributed by atoms with van der Waals surface area (Å²) in [7, 11) is 0. The number of rotatable bonds is 4. The topological polar surface area (TPSA) is 45.2 Å². The zero-order valence-electron chi connectivity index (χ0n) is 15.8. The molecule has 1 aliphatic carbocycles. The van der Waals surface area contributed by atoms with Gasteiger partial charge in [-0.05, 0) is 74.8 Å². The van der Waals surface area contributed by atoms with E-state index in [1.165, 1.54) is 24.0 Å². The fourth-order valence-corrected chi connectivity index (χ4v) is 4.08. The SMILES string of the molecule is CCC1CC(C)N1C(=O)Nc1ccc(C)c(-c2ncccc2C2CC2)c1.[HH]. The second-order valence-corrected chi connectivity index (χ2v) is 7.73. The molecule has 0 radical (unpaired) electrons. The van der Waals surface area contributed by atoms with Crippen LogP contribution in [0.1, 0.15) is 58.0 Å². The molecule has 0 bridgehead atoms. The molecule has 2 atom stereocenters. The Kier molecular flexibility index (Phi) is 4.43. The van der Waals surface area contributed by atoms with Crippen LogP contribution in [0.4, 0.5) is 10.5 Å². The van der Waals surface area contributed by atoms with Gasteiger partial charge in [0.05, 0.1) is 5.69 Å². The average Bonchev–Trinajstić information content (AvgIpc) is 3.46. The predicted molar refractivity (Wildman–Crippen MR) is 108 cm³/mol. The maximum absolute atomic E-state index is 12.7. The van der Waals surface area contributed by atoms with E-state index < -0.39 is 0 Å². The summed E-state index contributed by atoms with van der Waals surface area (Å²) in [5.41, 5.74) is 5.55. The highest BCUT2D eigenvalue weighted by Crippen LogP contribution is 2.44. The molecule has 1 aromatic carbocycles. The van der Waals surface area contributed by atoms with Crippen molar-refractivity contribution in [1.29, 1.82) is 0 Å². The van der Waals surface area contributed by atoms with E-state index in [2.05, 4.69) is 49.3 Å². The number of hydrogen-bond acceptors (Lipinski definition) is 2. The normalized spacial score (nSPS) is 22.0. The molecule has 1 saturated heterocycles. The van der Waals surface area contributed by atoms with Crippen LogP contribution < -0.4 is 5.32 Å². The minimum absolute atomic E-state index is 0. The maximum Gasteiger partial charge on any atom is 0.322 e. The summed E-state index contributed by atoms with van der Waals surface area (Å²) in [6, 6.07) is 11.1. The number of pyridine rings is 1. The Morgan fingerprint density at radius 1 is 1.35 bits per heavy atom. The monoisotopic (exact) mass is 351 g/mol. The van der Waals surface area contributed by atoms with Gasteiger partial charge >= 0.3 is 6.03 Å². The lowest BCUT2D eigenvalue weighted by Crippen LogP contribution is -2.58. The zero-order chi connectivity index (χ0) is 18.3. The standard InChI is InChI=1S/C22H27N3O.H2/c1-4-18-12-15(3)25(18)22(26)24-17-10-7-14(2)20(13-17)21-19(16-8-9-16)6-5-11-23-21;/h5-7,10-11,13,15-16,18H,4,8-9,12H2,1-3H3,(H,24,26);1H. The fraction of sp³-hybridized carbons (Fsp3) is 0.455. The van der Waals surface area contributed by atoms with Crippen molar-refractivity contribution < 1.29 is 6.22 Å². The van der Waals surface area contributed by atoms with Gasteiger partial charge in [0.15, 0.2) is 0 Å². The number of anilines is 1. The highest BCUT2D eigenvalue weighted by Gasteiger charge is 2.37. The van der Waals surface area contributed by atoms with Gasteiger partial charge in [0.1, 0.15) is 0 Å². The molecule has 138 valence electrons. The van der Waals surface area contributed by atoms with E-state index in [1.54, 1.807) is 0 Å². The van der Waals surface area contributed by atoms with Crippen molar-refractivity contribution in [2.24, 2.45) is 0 Å². The number of urea groups is 1. The van der Waals surface area contributed by atoms with Gasteiger partial charge in [-0.2, -0.15) is 0 Å². The lowest BCUT2D eigenvalue weighted by Gasteiger charge is -2.46. The summed E-state index contributed by atoms with van der Waals surface area (Å²) in [5.74, 6) is 0.642. The average molecular weight is 351 g/mol. The number of aryl methyl sites for hydroxylation is 1. The number of hydrogen-bond donors (Lipinski definition) is 1. The number of likely N-dealkylation sites (tertiary alicyclic amines) is 1. The van der Waals surface area contributed by atoms with Crippen LogP contribution in [0.15, 0.2) is 36.5 Å². The largest absolute Gasteiger partial charge is 0.322 e. The van der Waals surface area contributed by atoms with Crippen molar-refractivity contribution in [3.8, 4) is 11.3 Å². The Morgan fingerprint density at radius 2 is 2.15 bits per heavy atom. The second kappa shape index (κ2) is 6.75. The quantitative estimate of drug-likeness (QED) is 0.781. The number of carbonyl (C=O) groups is 1. The minimum atomic E-state index is 0. The van der Waals surface area contributed by atoms with Crippen LogP contribution in [0.3, 0.4) is 0 Å². The van der Waals surface area contributed by atoms with Gasteiger partial charge in [0.2, 0.25) is 0 Å². The number of benzene rings is 1. The molecular formula is C22H29N3O. The summed E-state index contributed by atoms with van der Waals surface area (Å²) in [5, 5.41) is 3.10. The van der Waals surface area contributed by atoms with Gasteiger partial charge in [-0.3, -0.25) is 4.98 Å². The lowest BCUT2D eigenvalue weighted by molar-refractivity contribution is 0.0688. The molecule has 0 spiro atoms. The zero-order valence-corrected chi connectivity index (χ0v) is 15.8. The highest BCUT2D eigenvalue weighted by molar-refractivity contribution is 5.91. The van der Waals surface area contributed by atoms with Gasteiger partial charge in [-0.25, -0.2) is 4.79 Å². The third-order valence-electron chi connectivity index (χ3n) is 5.79. The van der Waals surface area contributed by atoms with E-state index in [4.69, 9.17) is 0 Å². The molecule has 4 rings (SSSR count). The molecule has 2 amide bonds. The molecule has 1 N–H and O–H groups in total. The highest BCUT2D eigenvalue weighted by atomic mass is 16.2. The molecule has 4 heteroatoms. The molecule has 2 unspecified atom stereocenters. The summed E-state index contributed by atoms with van der Waals surface area (Å²) in [6.45, 7) is 6.36. The number of nitrogens with one attached hydrogen (secondary N) is 1. The van der Waals surface area contributed by atoms with E-state index >= 15 is 0 Å². The fourth-order valence-electron chi connectivity index (χ4n) is 4.08. The first-order chi connectivity index (χ1) is 12.6. The van der Waals surface area contributed by atoms with Crippen molar-refractivity contribution >= 4 is 11.7 Å². The van der Waals surface area contributed by atoms with Crippen LogP contribution >= 0.6 is 0 Å². The molecule has 1 aliphatic heterocycles. The van der Waals surface area contributed by atoms with E-state index in [0.717, 1.165) is 29.8 Å². The van der Waals surface area contributed by atoms with Crippen molar-refractivity contribution in [2.75, 3.05) is 5.32 Å². The first-order valence-electron chi connectivity index (χ1n) is 9.73. The van der Waals surface area contributed by atoms with E-state index in [9.17, 15) is 4.79 Å². The number of aromatic nitrogens is 1. The molecule has 2 aliphatic rings. The summed E-state index contributed by atoms with van der Waals surface area (Å²) < 4.78 is 0. The van der Waals surface area contributed by atoms with E-state index in [1.807, 2.05) is 23.2 Å². The van der Waals surface area contributed by atoms with E-state index in [0.29, 0.717) is 18.0 Å². The summed E-state index contributed by atoms with van der Waals surface area (Å²) in [4.78, 5) is 19.3. The molecule has 2 aromatic rings. The number of carbonyl (C=O) groups excluding carboxylic acids is 1. The predicted octanol–water partition coefficient (Wildman–Crippen LogP) is 5.59. The third-order valence-corrected chi connectivity index (χ3v) is 5.79. The van der Waals surface area contributed by atoms with Crippen LogP contribution in [0.2, 0.25) is 0 Å². The van der Waals surface area contributed by atoms with Crippen LogP contribution in [0.5, 0.6) is 0 Å². The molecule has 1 aromatic heterocycles. The molecule has 2 heterocycles. The molecular weight excluding hydrogens is 322 g/mol. The number of amides is 2. The Morgan fingerprint density at radius 3 is 2.85 bits per heavy atom. The van der Waals surface area contributed by atoms with Gasteiger partial charge in [-0.1, -0.05) is 19.1 Å². The van der Waals surface area contributed by atoms with Gasteiger partial charge in [0.25, 0.3) is 0 Å². The van der Waals surface area contributed by atoms with Gasteiger partial charge < -0.3 is 10.2 Å². The lowest BCUT2D eigenvalue weighted by atomic mass is 9.93. The summed E-state index contributed by atoms with van der Waals surface area (Å²) in [6.07, 6.45) is 6.47. The van der Waals surface area contributed by atoms with Gasteiger partial charge in [0, 0.05) is 31.0 Å². The van der Waals surface area contributed by atoms with Crippen molar-refractivity contribution in [2.45, 2.75) is 64.5 Å². The Labute approximate surface area is 157 Å². The number of nitrogens with zero attached hydrogens (tertiary/aromatic N) is 2. The van der Waals surface area contributed by atoms with Crippen LogP contribution in [-0.2, 0) is 0 Å². The van der Waals surface area contributed by atoms with Crippen molar-refractivity contribution in [3.63, 3.8) is 0 Å². The van der Waals surface area contributed by atoms with Crippen LogP contribution in [-0.4, -0.2) is 28.0 Å². The van der Waals surface area contributed by atoms with Gasteiger partial charge in [-0.15, -0.1) is 0 Å². The maximum atomic E-state index is 12.7. The van der Waals surface area contributed by atoms with Crippen LogP contribution in [0.25, 0.3) is 11.3 Å². The summed E-state index contributed by atoms with van der Waals surface area (Å²) >= 11 is 0. The Balaban J connectivity index is 0.00000210. The third kappa shape index (κ3) is 3.09.